The van der Waals surface area contributed by atoms with Crippen molar-refractivity contribution in [1.82, 2.24) is 9.80 Å². The Morgan fingerprint density at radius 2 is 2.22 bits per heavy atom. The van der Waals surface area contributed by atoms with Crippen molar-refractivity contribution >= 4 is 12.0 Å². The van der Waals surface area contributed by atoms with E-state index in [4.69, 9.17) is 5.11 Å². The average molecular weight is 254 g/mol. The van der Waals surface area contributed by atoms with Gasteiger partial charge in [0, 0.05) is 25.7 Å². The number of amides is 2. The Morgan fingerprint density at radius 1 is 1.56 bits per heavy atom. The topological polar surface area (TPSA) is 60.9 Å². The summed E-state index contributed by atoms with van der Waals surface area (Å²) in [7, 11) is 0. The second-order valence-corrected chi connectivity index (χ2v) is 4.71. The summed E-state index contributed by atoms with van der Waals surface area (Å²) in [5, 5.41) is 8.99. The minimum atomic E-state index is -0.757. The summed E-state index contributed by atoms with van der Waals surface area (Å²) >= 11 is 0. The van der Waals surface area contributed by atoms with Crippen molar-refractivity contribution in [2.75, 3.05) is 19.6 Å². The van der Waals surface area contributed by atoms with Crippen molar-refractivity contribution in [2.24, 2.45) is 5.92 Å². The van der Waals surface area contributed by atoms with Gasteiger partial charge in [0.15, 0.2) is 0 Å². The molecule has 102 valence electrons. The van der Waals surface area contributed by atoms with Crippen molar-refractivity contribution in [1.29, 1.82) is 0 Å². The molecule has 1 fully saturated rings. The van der Waals surface area contributed by atoms with E-state index in [1.165, 1.54) is 0 Å². The standard InChI is InChI=1S/C13H22N2O3/c1-4-7-14(5-2)13(18)15-8-6-11(12(16)17)9-10(15)3/h4,10-11H,1,5-9H2,2-3H3,(H,16,17). The van der Waals surface area contributed by atoms with Crippen LogP contribution in [0.25, 0.3) is 0 Å². The number of carboxylic acid groups (broad SMARTS) is 1. The molecule has 0 saturated carbocycles. The molecule has 1 rings (SSSR count). The van der Waals surface area contributed by atoms with Gasteiger partial charge in [-0.15, -0.1) is 6.58 Å². The Bertz CT molecular complexity index is 330. The molecule has 2 atom stereocenters. The molecule has 2 amide bonds. The van der Waals surface area contributed by atoms with E-state index in [0.717, 1.165) is 0 Å². The molecule has 0 spiro atoms. The van der Waals surface area contributed by atoms with Crippen molar-refractivity contribution in [3.05, 3.63) is 12.7 Å². The first-order chi connectivity index (χ1) is 8.51. The maximum absolute atomic E-state index is 12.3. The van der Waals surface area contributed by atoms with E-state index in [0.29, 0.717) is 32.5 Å². The highest BCUT2D eigenvalue weighted by atomic mass is 16.4. The summed E-state index contributed by atoms with van der Waals surface area (Å²) in [4.78, 5) is 26.7. The highest BCUT2D eigenvalue weighted by Gasteiger charge is 2.33. The summed E-state index contributed by atoms with van der Waals surface area (Å²) < 4.78 is 0. The van der Waals surface area contributed by atoms with Gasteiger partial charge in [-0.05, 0) is 26.7 Å². The quantitative estimate of drug-likeness (QED) is 0.778. The number of nitrogens with zero attached hydrogens (tertiary/aromatic N) is 2. The van der Waals surface area contributed by atoms with Crippen molar-refractivity contribution < 1.29 is 14.7 Å². The first-order valence-corrected chi connectivity index (χ1v) is 6.40. The third kappa shape index (κ3) is 3.24. The van der Waals surface area contributed by atoms with E-state index in [1.807, 2.05) is 13.8 Å². The van der Waals surface area contributed by atoms with Crippen LogP contribution in [0.3, 0.4) is 0 Å². The first-order valence-electron chi connectivity index (χ1n) is 6.40. The molecule has 0 radical (unpaired) electrons. The predicted octanol–water partition coefficient (Wildman–Crippen LogP) is 1.80. The zero-order valence-electron chi connectivity index (χ0n) is 11.1. The Morgan fingerprint density at radius 3 is 2.67 bits per heavy atom. The monoisotopic (exact) mass is 254 g/mol. The number of hydrogen-bond donors (Lipinski definition) is 1. The van der Waals surface area contributed by atoms with Crippen molar-refractivity contribution in [3.8, 4) is 0 Å². The second kappa shape index (κ2) is 6.42. The van der Waals surface area contributed by atoms with Crippen LogP contribution in [0, 0.1) is 5.92 Å². The molecule has 1 N–H and O–H groups in total. The van der Waals surface area contributed by atoms with Gasteiger partial charge in [-0.2, -0.15) is 0 Å². The Labute approximate surface area is 108 Å². The molecule has 0 aromatic carbocycles. The number of aliphatic carboxylic acids is 1. The molecular weight excluding hydrogens is 232 g/mol. The lowest BCUT2D eigenvalue weighted by Gasteiger charge is -2.38. The van der Waals surface area contributed by atoms with Crippen LogP contribution in [0.2, 0.25) is 0 Å². The van der Waals surface area contributed by atoms with Gasteiger partial charge in [-0.3, -0.25) is 4.79 Å². The zero-order valence-corrected chi connectivity index (χ0v) is 11.1. The number of carbonyl (C=O) groups is 2. The largest absolute Gasteiger partial charge is 0.481 e. The fraction of sp³-hybridized carbons (Fsp3) is 0.692. The van der Waals surface area contributed by atoms with Crippen LogP contribution in [-0.4, -0.2) is 52.6 Å². The summed E-state index contributed by atoms with van der Waals surface area (Å²) in [5.74, 6) is -1.08. The molecule has 0 aromatic heterocycles. The lowest BCUT2D eigenvalue weighted by atomic mass is 9.92. The van der Waals surface area contributed by atoms with Crippen LogP contribution in [0.4, 0.5) is 4.79 Å². The van der Waals surface area contributed by atoms with Crippen LogP contribution in [0.5, 0.6) is 0 Å². The number of carbonyl (C=O) groups excluding carboxylic acids is 1. The molecule has 1 saturated heterocycles. The molecule has 18 heavy (non-hydrogen) atoms. The predicted molar refractivity (Wildman–Crippen MR) is 69.4 cm³/mol. The zero-order chi connectivity index (χ0) is 13.7. The number of rotatable bonds is 4. The molecule has 0 bridgehead atoms. The Hall–Kier alpha value is -1.52. The summed E-state index contributed by atoms with van der Waals surface area (Å²) in [6.45, 7) is 9.16. The second-order valence-electron chi connectivity index (χ2n) is 4.71. The molecule has 1 heterocycles. The fourth-order valence-electron chi connectivity index (χ4n) is 2.36. The van der Waals surface area contributed by atoms with E-state index in [9.17, 15) is 9.59 Å². The number of likely N-dealkylation sites (N-methyl/N-ethyl adjacent to an activating group) is 1. The fourth-order valence-corrected chi connectivity index (χ4v) is 2.36. The number of piperidine rings is 1. The third-order valence-electron chi connectivity index (χ3n) is 3.47. The van der Waals surface area contributed by atoms with E-state index < -0.39 is 5.97 Å². The molecule has 0 aliphatic carbocycles. The van der Waals surface area contributed by atoms with Gasteiger partial charge >= 0.3 is 12.0 Å². The van der Waals surface area contributed by atoms with E-state index in [1.54, 1.807) is 15.9 Å². The van der Waals surface area contributed by atoms with Crippen LogP contribution in [-0.2, 0) is 4.79 Å². The smallest absolute Gasteiger partial charge is 0.320 e. The number of urea groups is 1. The maximum atomic E-state index is 12.3. The number of hydrogen-bond acceptors (Lipinski definition) is 2. The van der Waals surface area contributed by atoms with Crippen molar-refractivity contribution in [3.63, 3.8) is 0 Å². The molecular formula is C13H22N2O3. The summed E-state index contributed by atoms with van der Waals surface area (Å²) in [6, 6.07) is -0.0417. The Kier molecular flexibility index (Phi) is 5.19. The minimum absolute atomic E-state index is 0.0197. The van der Waals surface area contributed by atoms with Gasteiger partial charge in [0.05, 0.1) is 5.92 Å². The average Bonchev–Trinajstić information content (AvgIpc) is 2.34. The number of likely N-dealkylation sites (tertiary alicyclic amines) is 1. The molecule has 5 nitrogen and oxygen atoms in total. The van der Waals surface area contributed by atoms with Crippen molar-refractivity contribution in [2.45, 2.75) is 32.7 Å². The SMILES string of the molecule is C=CCN(CC)C(=O)N1CCC(C(=O)O)CC1C. The van der Waals surface area contributed by atoms with Crippen LogP contribution < -0.4 is 0 Å². The minimum Gasteiger partial charge on any atom is -0.481 e. The first kappa shape index (κ1) is 14.5. The van der Waals surface area contributed by atoms with Gasteiger partial charge in [0.2, 0.25) is 0 Å². The van der Waals surface area contributed by atoms with E-state index in [2.05, 4.69) is 6.58 Å². The third-order valence-corrected chi connectivity index (χ3v) is 3.47. The maximum Gasteiger partial charge on any atom is 0.320 e. The molecule has 1 aliphatic rings. The molecule has 0 aromatic rings. The normalized spacial score (nSPS) is 23.6. The van der Waals surface area contributed by atoms with Gasteiger partial charge in [-0.25, -0.2) is 4.79 Å². The molecule has 1 aliphatic heterocycles. The lowest BCUT2D eigenvalue weighted by molar-refractivity contribution is -0.143. The van der Waals surface area contributed by atoms with Gasteiger partial charge in [-0.1, -0.05) is 6.08 Å². The summed E-state index contributed by atoms with van der Waals surface area (Å²) in [5.41, 5.74) is 0. The van der Waals surface area contributed by atoms with E-state index >= 15 is 0 Å². The Balaban J connectivity index is 2.65. The van der Waals surface area contributed by atoms with E-state index in [-0.39, 0.29) is 18.0 Å². The van der Waals surface area contributed by atoms with Gasteiger partial charge < -0.3 is 14.9 Å². The lowest BCUT2D eigenvalue weighted by Crippen LogP contribution is -2.51. The van der Waals surface area contributed by atoms with Gasteiger partial charge in [0.1, 0.15) is 0 Å². The van der Waals surface area contributed by atoms with Crippen LogP contribution >= 0.6 is 0 Å². The van der Waals surface area contributed by atoms with Crippen LogP contribution in [0.1, 0.15) is 26.7 Å². The summed E-state index contributed by atoms with van der Waals surface area (Å²) in [6.07, 6.45) is 2.78. The van der Waals surface area contributed by atoms with Crippen LogP contribution in [0.15, 0.2) is 12.7 Å². The van der Waals surface area contributed by atoms with Gasteiger partial charge in [0.25, 0.3) is 0 Å². The highest BCUT2D eigenvalue weighted by Crippen LogP contribution is 2.24. The molecule has 5 heteroatoms. The molecule has 2 unspecified atom stereocenters. The number of carboxylic acids is 1. The highest BCUT2D eigenvalue weighted by molar-refractivity contribution is 5.76.